The quantitative estimate of drug-likeness (QED) is 0.898. The van der Waals surface area contributed by atoms with Crippen LogP contribution in [-0.2, 0) is 0 Å². The Morgan fingerprint density at radius 1 is 1.42 bits per heavy atom. The van der Waals surface area contributed by atoms with Gasteiger partial charge in [0.25, 0.3) is 0 Å². The predicted molar refractivity (Wildman–Crippen MR) is 74.8 cm³/mol. The van der Waals surface area contributed by atoms with E-state index in [9.17, 15) is 4.79 Å². The van der Waals surface area contributed by atoms with Crippen LogP contribution in [0.3, 0.4) is 0 Å². The lowest BCUT2D eigenvalue weighted by atomic mass is 10.2. The van der Waals surface area contributed by atoms with Crippen molar-refractivity contribution in [2.45, 2.75) is 26.8 Å². The van der Waals surface area contributed by atoms with Gasteiger partial charge in [-0.1, -0.05) is 0 Å². The molecule has 2 aromatic rings. The molecule has 19 heavy (non-hydrogen) atoms. The highest BCUT2D eigenvalue weighted by molar-refractivity contribution is 7.11. The van der Waals surface area contributed by atoms with E-state index < -0.39 is 5.97 Å². The average Bonchev–Trinajstić information content (AvgIpc) is 2.69. The van der Waals surface area contributed by atoms with E-state index in [-0.39, 0.29) is 11.6 Å². The number of carboxylic acids is 1. The number of thiazole rings is 1. The van der Waals surface area contributed by atoms with Gasteiger partial charge in [-0.05, 0) is 32.9 Å². The van der Waals surface area contributed by atoms with Crippen LogP contribution in [0.1, 0.15) is 38.9 Å². The van der Waals surface area contributed by atoms with E-state index in [0.29, 0.717) is 5.82 Å². The molecule has 0 spiro atoms. The molecular formula is C13H15N3O2S. The van der Waals surface area contributed by atoms with Crippen molar-refractivity contribution in [1.82, 2.24) is 9.97 Å². The molecule has 0 aliphatic rings. The van der Waals surface area contributed by atoms with Gasteiger partial charge in [-0.15, -0.1) is 11.3 Å². The van der Waals surface area contributed by atoms with E-state index >= 15 is 0 Å². The number of hydrogen-bond acceptors (Lipinski definition) is 5. The third kappa shape index (κ3) is 3.08. The summed E-state index contributed by atoms with van der Waals surface area (Å²) < 4.78 is 0. The molecule has 0 amide bonds. The van der Waals surface area contributed by atoms with Crippen LogP contribution in [0, 0.1) is 13.8 Å². The van der Waals surface area contributed by atoms with Crippen LogP contribution in [0.15, 0.2) is 18.3 Å². The molecule has 2 rings (SSSR count). The SMILES string of the molecule is Cc1nc(C)c(C(C)Nc2ccc(C(=O)O)cn2)s1. The Labute approximate surface area is 115 Å². The Hall–Kier alpha value is -1.95. The molecule has 5 nitrogen and oxygen atoms in total. The Balaban J connectivity index is 2.12. The number of anilines is 1. The van der Waals surface area contributed by atoms with Gasteiger partial charge in [0, 0.05) is 11.1 Å². The molecule has 2 N–H and O–H groups in total. The number of aryl methyl sites for hydroxylation is 2. The molecule has 0 radical (unpaired) electrons. The first-order chi connectivity index (χ1) is 8.97. The van der Waals surface area contributed by atoms with Gasteiger partial charge in [-0.25, -0.2) is 14.8 Å². The second kappa shape index (κ2) is 5.36. The number of carbonyl (C=O) groups is 1. The van der Waals surface area contributed by atoms with Crippen LogP contribution < -0.4 is 5.32 Å². The molecule has 0 aliphatic carbocycles. The lowest BCUT2D eigenvalue weighted by Gasteiger charge is -2.13. The highest BCUT2D eigenvalue weighted by Crippen LogP contribution is 2.26. The van der Waals surface area contributed by atoms with Gasteiger partial charge in [0.1, 0.15) is 5.82 Å². The first-order valence-electron chi connectivity index (χ1n) is 5.87. The number of nitrogens with one attached hydrogen (secondary N) is 1. The van der Waals surface area contributed by atoms with Crippen LogP contribution in [0.5, 0.6) is 0 Å². The van der Waals surface area contributed by atoms with Gasteiger partial charge in [0.2, 0.25) is 0 Å². The molecule has 0 saturated heterocycles. The fourth-order valence-electron chi connectivity index (χ4n) is 1.84. The maximum absolute atomic E-state index is 10.7. The van der Waals surface area contributed by atoms with E-state index in [2.05, 4.69) is 15.3 Å². The summed E-state index contributed by atoms with van der Waals surface area (Å²) in [6.45, 7) is 6.00. The molecule has 6 heteroatoms. The van der Waals surface area contributed by atoms with E-state index in [4.69, 9.17) is 5.11 Å². The number of aromatic nitrogens is 2. The largest absolute Gasteiger partial charge is 0.478 e. The molecule has 0 aromatic carbocycles. The zero-order valence-corrected chi connectivity index (χ0v) is 11.8. The minimum atomic E-state index is -0.971. The number of hydrogen-bond donors (Lipinski definition) is 2. The summed E-state index contributed by atoms with van der Waals surface area (Å²) in [6, 6.07) is 3.30. The van der Waals surface area contributed by atoms with E-state index in [0.717, 1.165) is 10.7 Å². The Morgan fingerprint density at radius 2 is 2.16 bits per heavy atom. The van der Waals surface area contributed by atoms with E-state index in [1.165, 1.54) is 17.1 Å². The van der Waals surface area contributed by atoms with Crippen LogP contribution in [0.25, 0.3) is 0 Å². The minimum Gasteiger partial charge on any atom is -0.478 e. The second-order valence-electron chi connectivity index (χ2n) is 4.29. The summed E-state index contributed by atoms with van der Waals surface area (Å²) in [7, 11) is 0. The van der Waals surface area contributed by atoms with Crippen molar-refractivity contribution in [2.75, 3.05) is 5.32 Å². The van der Waals surface area contributed by atoms with Gasteiger partial charge in [0.05, 0.1) is 22.3 Å². The molecule has 1 atom stereocenters. The van der Waals surface area contributed by atoms with Gasteiger partial charge in [-0.3, -0.25) is 0 Å². The molecule has 0 bridgehead atoms. The van der Waals surface area contributed by atoms with Crippen molar-refractivity contribution in [3.05, 3.63) is 39.5 Å². The highest BCUT2D eigenvalue weighted by Gasteiger charge is 2.13. The van der Waals surface area contributed by atoms with E-state index in [1.54, 1.807) is 17.4 Å². The lowest BCUT2D eigenvalue weighted by molar-refractivity contribution is 0.0696. The van der Waals surface area contributed by atoms with Crippen LogP contribution >= 0.6 is 11.3 Å². The Morgan fingerprint density at radius 3 is 2.63 bits per heavy atom. The Kier molecular flexibility index (Phi) is 3.80. The molecule has 0 fully saturated rings. The van der Waals surface area contributed by atoms with Crippen LogP contribution in [-0.4, -0.2) is 21.0 Å². The molecule has 1 unspecified atom stereocenters. The third-order valence-corrected chi connectivity index (χ3v) is 3.96. The summed E-state index contributed by atoms with van der Waals surface area (Å²) in [5.41, 5.74) is 1.20. The van der Waals surface area contributed by atoms with Crippen molar-refractivity contribution < 1.29 is 9.90 Å². The number of aromatic carboxylic acids is 1. The van der Waals surface area contributed by atoms with Gasteiger partial charge in [0.15, 0.2) is 0 Å². The zero-order chi connectivity index (χ0) is 14.0. The summed E-state index contributed by atoms with van der Waals surface area (Å²) in [5.74, 6) is -0.316. The lowest BCUT2D eigenvalue weighted by Crippen LogP contribution is -2.08. The number of carboxylic acid groups (broad SMARTS) is 1. The van der Waals surface area contributed by atoms with E-state index in [1.807, 2.05) is 20.8 Å². The maximum atomic E-state index is 10.7. The summed E-state index contributed by atoms with van der Waals surface area (Å²) in [4.78, 5) is 20.4. The molecule has 2 heterocycles. The van der Waals surface area contributed by atoms with Crippen molar-refractivity contribution in [2.24, 2.45) is 0 Å². The van der Waals surface area contributed by atoms with Gasteiger partial charge in [-0.2, -0.15) is 0 Å². The number of pyridine rings is 1. The normalized spacial score (nSPS) is 12.2. The standard InChI is InChI=1S/C13H15N3O2S/c1-7-12(19-9(3)15-7)8(2)16-11-5-4-10(6-14-11)13(17)18/h4-6,8H,1-3H3,(H,14,16)(H,17,18). The van der Waals surface area contributed by atoms with Gasteiger partial charge < -0.3 is 10.4 Å². The topological polar surface area (TPSA) is 75.1 Å². The summed E-state index contributed by atoms with van der Waals surface area (Å²) >= 11 is 1.65. The van der Waals surface area contributed by atoms with Gasteiger partial charge >= 0.3 is 5.97 Å². The fourth-order valence-corrected chi connectivity index (χ4v) is 2.77. The molecule has 100 valence electrons. The smallest absolute Gasteiger partial charge is 0.337 e. The predicted octanol–water partition coefficient (Wildman–Crippen LogP) is 3.03. The first kappa shape index (κ1) is 13.5. The van der Waals surface area contributed by atoms with Crippen molar-refractivity contribution in [3.63, 3.8) is 0 Å². The van der Waals surface area contributed by atoms with Crippen molar-refractivity contribution in [1.29, 1.82) is 0 Å². The van der Waals surface area contributed by atoms with Crippen molar-refractivity contribution >= 4 is 23.1 Å². The minimum absolute atomic E-state index is 0.0920. The molecular weight excluding hydrogens is 262 g/mol. The van der Waals surface area contributed by atoms with Crippen LogP contribution in [0.2, 0.25) is 0 Å². The van der Waals surface area contributed by atoms with Crippen LogP contribution in [0.4, 0.5) is 5.82 Å². The monoisotopic (exact) mass is 277 g/mol. The second-order valence-corrected chi connectivity index (χ2v) is 5.52. The maximum Gasteiger partial charge on any atom is 0.337 e. The highest BCUT2D eigenvalue weighted by atomic mass is 32.1. The van der Waals surface area contributed by atoms with Crippen molar-refractivity contribution in [3.8, 4) is 0 Å². The molecule has 0 aliphatic heterocycles. The zero-order valence-electron chi connectivity index (χ0n) is 11.0. The average molecular weight is 277 g/mol. The summed E-state index contributed by atoms with van der Waals surface area (Å²) in [6.07, 6.45) is 1.35. The Bertz CT molecular complexity index is 592. The first-order valence-corrected chi connectivity index (χ1v) is 6.69. The fraction of sp³-hybridized carbons (Fsp3) is 0.308. The number of nitrogens with zero attached hydrogens (tertiary/aromatic N) is 2. The molecule has 2 aromatic heterocycles. The number of rotatable bonds is 4. The molecule has 0 saturated carbocycles. The third-order valence-electron chi connectivity index (χ3n) is 2.71. The summed E-state index contributed by atoms with van der Waals surface area (Å²) in [5, 5.41) is 13.1.